The summed E-state index contributed by atoms with van der Waals surface area (Å²) in [6, 6.07) is 78.1. The average molecular weight is 765 g/mol. The van der Waals surface area contributed by atoms with E-state index in [2.05, 4.69) is 200 Å². The number of nitrogens with zero attached hydrogens (tertiary/aromatic N) is 2. The highest BCUT2D eigenvalue weighted by atomic mass is 16.3. The fourth-order valence-electron chi connectivity index (χ4n) is 9.65. The molecule has 3 nitrogen and oxygen atoms in total. The Morgan fingerprint density at radius 3 is 1.72 bits per heavy atom. The fourth-order valence-corrected chi connectivity index (χ4v) is 9.65. The predicted octanol–water partition coefficient (Wildman–Crippen LogP) is 14.6. The molecule has 280 valence electrons. The largest absolute Gasteiger partial charge is 0.456 e. The SMILES string of the molecule is c1ccc(-c2nc(-c3cccc(-c4ccc5oc6ccc7ccccc7c6c5c4)c3)cc(-c3ccc4c(c3)C(c3ccccc3)(c3ccccc3)c3ccccc3-4)n2)cc1. The molecule has 0 aliphatic heterocycles. The van der Waals surface area contributed by atoms with E-state index in [1.807, 2.05) is 18.2 Å². The van der Waals surface area contributed by atoms with Crippen LogP contribution in [0.5, 0.6) is 0 Å². The van der Waals surface area contributed by atoms with Crippen molar-refractivity contribution in [3.05, 3.63) is 241 Å². The summed E-state index contributed by atoms with van der Waals surface area (Å²) in [5, 5.41) is 4.66. The highest BCUT2D eigenvalue weighted by molar-refractivity contribution is 6.19. The first-order valence-corrected chi connectivity index (χ1v) is 20.5. The van der Waals surface area contributed by atoms with Crippen LogP contribution in [0.15, 0.2) is 223 Å². The monoisotopic (exact) mass is 764 g/mol. The molecular formula is C57H36N2O. The number of rotatable bonds is 6. The van der Waals surface area contributed by atoms with Gasteiger partial charge in [0.05, 0.1) is 16.8 Å². The lowest BCUT2D eigenvalue weighted by Gasteiger charge is -2.34. The second kappa shape index (κ2) is 13.6. The highest BCUT2D eigenvalue weighted by Crippen LogP contribution is 2.56. The third-order valence-corrected chi connectivity index (χ3v) is 12.4. The number of hydrogen-bond acceptors (Lipinski definition) is 3. The number of benzene rings is 9. The second-order valence-electron chi connectivity index (χ2n) is 15.7. The van der Waals surface area contributed by atoms with Crippen LogP contribution in [-0.4, -0.2) is 9.97 Å². The molecule has 11 aromatic rings. The summed E-state index contributed by atoms with van der Waals surface area (Å²) in [5.74, 6) is 0.688. The van der Waals surface area contributed by atoms with Crippen LogP contribution in [0.25, 0.3) is 88.9 Å². The molecule has 0 atom stereocenters. The average Bonchev–Trinajstić information content (AvgIpc) is 3.86. The number of hydrogen-bond donors (Lipinski definition) is 0. The first-order chi connectivity index (χ1) is 29.7. The van der Waals surface area contributed by atoms with Crippen molar-refractivity contribution in [3.63, 3.8) is 0 Å². The van der Waals surface area contributed by atoms with Crippen molar-refractivity contribution in [1.29, 1.82) is 0 Å². The Balaban J connectivity index is 1.03. The number of aromatic nitrogens is 2. The molecule has 0 unspecified atom stereocenters. The summed E-state index contributed by atoms with van der Waals surface area (Å²) < 4.78 is 6.35. The van der Waals surface area contributed by atoms with Crippen molar-refractivity contribution in [2.45, 2.75) is 5.41 Å². The summed E-state index contributed by atoms with van der Waals surface area (Å²) in [6.45, 7) is 0. The quantitative estimate of drug-likeness (QED) is 0.169. The minimum Gasteiger partial charge on any atom is -0.456 e. The van der Waals surface area contributed by atoms with Gasteiger partial charge in [-0.2, -0.15) is 0 Å². The van der Waals surface area contributed by atoms with Crippen LogP contribution in [0, 0.1) is 0 Å². The first kappa shape index (κ1) is 34.2. The maximum Gasteiger partial charge on any atom is 0.160 e. The minimum absolute atomic E-state index is 0.509. The molecule has 2 aromatic heterocycles. The van der Waals surface area contributed by atoms with Crippen molar-refractivity contribution in [1.82, 2.24) is 9.97 Å². The van der Waals surface area contributed by atoms with Crippen LogP contribution >= 0.6 is 0 Å². The van der Waals surface area contributed by atoms with Crippen LogP contribution < -0.4 is 0 Å². The van der Waals surface area contributed by atoms with Gasteiger partial charge in [-0.3, -0.25) is 0 Å². The standard InChI is InChI=1S/C57H36N2O/c1-4-16-38(17-5-1)56-58-51(41-19-14-18-39(33-41)40-29-31-53-48(34-40)55-45-24-11-10-15-37(45)28-32-54(55)60-53)36-52(59-56)42-27-30-47-46-25-12-13-26-49(46)57(50(47)35-42,43-20-6-2-7-21-43)44-22-8-3-9-23-44/h1-36H. The lowest BCUT2D eigenvalue weighted by molar-refractivity contribution is 0.669. The summed E-state index contributed by atoms with van der Waals surface area (Å²) in [6.07, 6.45) is 0. The lowest BCUT2D eigenvalue weighted by atomic mass is 9.67. The van der Waals surface area contributed by atoms with Crippen LogP contribution in [0.4, 0.5) is 0 Å². The van der Waals surface area contributed by atoms with Gasteiger partial charge >= 0.3 is 0 Å². The van der Waals surface area contributed by atoms with Crippen LogP contribution in [0.2, 0.25) is 0 Å². The van der Waals surface area contributed by atoms with Gasteiger partial charge in [-0.25, -0.2) is 9.97 Å². The maximum atomic E-state index is 6.35. The Kier molecular flexibility index (Phi) is 7.76. The minimum atomic E-state index is -0.509. The van der Waals surface area contributed by atoms with E-state index < -0.39 is 5.41 Å². The van der Waals surface area contributed by atoms with Crippen molar-refractivity contribution in [3.8, 4) is 56.2 Å². The third-order valence-electron chi connectivity index (χ3n) is 12.4. The summed E-state index contributed by atoms with van der Waals surface area (Å²) in [4.78, 5) is 10.6. The zero-order chi connectivity index (χ0) is 39.6. The molecule has 3 heteroatoms. The summed E-state index contributed by atoms with van der Waals surface area (Å²) >= 11 is 0. The smallest absolute Gasteiger partial charge is 0.160 e. The van der Waals surface area contributed by atoms with Gasteiger partial charge in [0, 0.05) is 27.5 Å². The van der Waals surface area contributed by atoms with Crippen molar-refractivity contribution < 1.29 is 4.42 Å². The third kappa shape index (κ3) is 5.30. The molecule has 0 fully saturated rings. The van der Waals surface area contributed by atoms with Crippen LogP contribution in [0.1, 0.15) is 22.3 Å². The Morgan fingerprint density at radius 1 is 0.350 bits per heavy atom. The fraction of sp³-hybridized carbons (Fsp3) is 0.0175. The van der Waals surface area contributed by atoms with Gasteiger partial charge in [-0.05, 0) is 91.7 Å². The van der Waals surface area contributed by atoms with Crippen LogP contribution in [-0.2, 0) is 5.41 Å². The molecule has 60 heavy (non-hydrogen) atoms. The molecule has 0 saturated heterocycles. The Morgan fingerprint density at radius 2 is 0.933 bits per heavy atom. The zero-order valence-electron chi connectivity index (χ0n) is 32.6. The molecule has 2 heterocycles. The molecule has 9 aromatic carbocycles. The molecule has 0 saturated carbocycles. The first-order valence-electron chi connectivity index (χ1n) is 20.5. The molecule has 0 N–H and O–H groups in total. The Bertz CT molecular complexity index is 3380. The van der Waals surface area contributed by atoms with E-state index in [9.17, 15) is 0 Å². The van der Waals surface area contributed by atoms with Gasteiger partial charge in [-0.15, -0.1) is 0 Å². The summed E-state index contributed by atoms with van der Waals surface area (Å²) in [5.41, 5.74) is 15.8. The van der Waals surface area contributed by atoms with Crippen molar-refractivity contribution in [2.24, 2.45) is 0 Å². The predicted molar refractivity (Wildman–Crippen MR) is 246 cm³/mol. The van der Waals surface area contributed by atoms with Crippen molar-refractivity contribution in [2.75, 3.05) is 0 Å². The molecule has 0 amide bonds. The summed E-state index contributed by atoms with van der Waals surface area (Å²) in [7, 11) is 0. The van der Waals surface area contributed by atoms with E-state index in [-0.39, 0.29) is 0 Å². The van der Waals surface area contributed by atoms with Gasteiger partial charge in [-0.1, -0.05) is 182 Å². The molecule has 0 bridgehead atoms. The van der Waals surface area contributed by atoms with Crippen LogP contribution in [0.3, 0.4) is 0 Å². The van der Waals surface area contributed by atoms with E-state index in [1.165, 1.54) is 44.2 Å². The highest BCUT2D eigenvalue weighted by Gasteiger charge is 2.46. The van der Waals surface area contributed by atoms with Gasteiger partial charge in [0.1, 0.15) is 11.2 Å². The van der Waals surface area contributed by atoms with E-state index in [4.69, 9.17) is 14.4 Å². The maximum absolute atomic E-state index is 6.35. The van der Waals surface area contributed by atoms with Gasteiger partial charge < -0.3 is 4.42 Å². The number of furan rings is 1. The van der Waals surface area contributed by atoms with E-state index in [0.717, 1.165) is 61.1 Å². The Labute approximate surface area is 347 Å². The van der Waals surface area contributed by atoms with Gasteiger partial charge in [0.2, 0.25) is 0 Å². The molecule has 0 spiro atoms. The lowest BCUT2D eigenvalue weighted by Crippen LogP contribution is -2.28. The number of fused-ring (bicyclic) bond motifs is 8. The van der Waals surface area contributed by atoms with Gasteiger partial charge in [0.25, 0.3) is 0 Å². The molecule has 12 rings (SSSR count). The second-order valence-corrected chi connectivity index (χ2v) is 15.7. The molecule has 1 aliphatic rings. The van der Waals surface area contributed by atoms with E-state index in [0.29, 0.717) is 5.82 Å². The zero-order valence-corrected chi connectivity index (χ0v) is 32.6. The normalized spacial score (nSPS) is 12.8. The van der Waals surface area contributed by atoms with Gasteiger partial charge in [0.15, 0.2) is 5.82 Å². The molecular weight excluding hydrogens is 729 g/mol. The van der Waals surface area contributed by atoms with E-state index in [1.54, 1.807) is 0 Å². The molecule has 1 aliphatic carbocycles. The topological polar surface area (TPSA) is 38.9 Å². The van der Waals surface area contributed by atoms with Crippen molar-refractivity contribution >= 4 is 32.7 Å². The van der Waals surface area contributed by atoms with E-state index >= 15 is 0 Å². The molecule has 0 radical (unpaired) electrons. The Hall–Kier alpha value is -7.88.